The molecule has 0 saturated heterocycles. The minimum atomic E-state index is -1.69. The van der Waals surface area contributed by atoms with Crippen LogP contribution in [0.3, 0.4) is 0 Å². The lowest BCUT2D eigenvalue weighted by Crippen LogP contribution is -2.42. The van der Waals surface area contributed by atoms with Gasteiger partial charge in [0.2, 0.25) is 5.92 Å². The molecule has 0 bridgehead atoms. The number of hydrogen-bond acceptors (Lipinski definition) is 6. The van der Waals surface area contributed by atoms with Crippen LogP contribution in [-0.2, 0) is 23.9 Å². The topological polar surface area (TPSA) is 90.0 Å². The molecule has 1 aromatic carbocycles. The molecule has 0 saturated carbocycles. The summed E-state index contributed by atoms with van der Waals surface area (Å²) in [4.78, 5) is 47.9. The summed E-state index contributed by atoms with van der Waals surface area (Å²) in [6, 6.07) is 6.18. The average Bonchev–Trinajstić information content (AvgIpc) is 2.53. The van der Waals surface area contributed by atoms with Crippen molar-refractivity contribution in [3.63, 3.8) is 0 Å². The maximum atomic E-state index is 12.3. The molecule has 0 aliphatic carbocycles. The molecular formula is C15H17NO6. The van der Waals surface area contributed by atoms with Crippen LogP contribution in [-0.4, -0.2) is 44.9 Å². The van der Waals surface area contributed by atoms with Gasteiger partial charge in [-0.3, -0.25) is 19.2 Å². The van der Waals surface area contributed by atoms with E-state index in [1.54, 1.807) is 24.3 Å². The van der Waals surface area contributed by atoms with E-state index >= 15 is 0 Å². The first-order valence-electron chi connectivity index (χ1n) is 6.37. The Morgan fingerprint density at radius 3 is 1.77 bits per heavy atom. The standard InChI is InChI=1S/C15H17NO6/c1-9(17)10-5-7-11(8-6-10)16(2)13(18)12(14(19)21-3)15(20)22-4/h5-8,12H,1-4H3. The molecule has 1 rings (SSSR count). The molecule has 0 spiro atoms. The van der Waals surface area contributed by atoms with Crippen molar-refractivity contribution in [2.24, 2.45) is 5.92 Å². The number of carbonyl (C=O) groups is 4. The van der Waals surface area contributed by atoms with Gasteiger partial charge < -0.3 is 14.4 Å². The number of ether oxygens (including phenoxy) is 2. The van der Waals surface area contributed by atoms with Crippen LogP contribution in [0.4, 0.5) is 5.69 Å². The van der Waals surface area contributed by atoms with Gasteiger partial charge in [0.1, 0.15) is 0 Å². The Bertz CT molecular complexity index is 577. The summed E-state index contributed by atoms with van der Waals surface area (Å²) in [6.07, 6.45) is 0. The monoisotopic (exact) mass is 307 g/mol. The van der Waals surface area contributed by atoms with Crippen molar-refractivity contribution in [3.8, 4) is 0 Å². The predicted octanol–water partition coefficient (Wildman–Crippen LogP) is 0.814. The number of ketones is 1. The van der Waals surface area contributed by atoms with Gasteiger partial charge in [-0.25, -0.2) is 0 Å². The highest BCUT2D eigenvalue weighted by molar-refractivity contribution is 6.18. The molecule has 1 aromatic rings. The summed E-state index contributed by atoms with van der Waals surface area (Å²) in [7, 11) is 3.56. The highest BCUT2D eigenvalue weighted by Gasteiger charge is 2.38. The van der Waals surface area contributed by atoms with Gasteiger partial charge in [-0.1, -0.05) is 0 Å². The Morgan fingerprint density at radius 2 is 1.41 bits per heavy atom. The van der Waals surface area contributed by atoms with E-state index in [1.165, 1.54) is 14.0 Å². The highest BCUT2D eigenvalue weighted by Crippen LogP contribution is 2.18. The van der Waals surface area contributed by atoms with Gasteiger partial charge in [-0.15, -0.1) is 0 Å². The SMILES string of the molecule is COC(=O)C(C(=O)OC)C(=O)N(C)c1ccc(C(C)=O)cc1. The molecule has 7 heteroatoms. The maximum absolute atomic E-state index is 12.3. The number of amides is 1. The van der Waals surface area contributed by atoms with E-state index in [9.17, 15) is 19.2 Å². The number of Topliss-reactive ketones (excluding diaryl/α,β-unsaturated/α-hetero) is 1. The fraction of sp³-hybridized carbons (Fsp3) is 0.333. The number of benzene rings is 1. The van der Waals surface area contributed by atoms with Crippen LogP contribution >= 0.6 is 0 Å². The summed E-state index contributed by atoms with van der Waals surface area (Å²) in [5.74, 6) is -4.57. The fourth-order valence-corrected chi connectivity index (χ4v) is 1.77. The second-order valence-electron chi connectivity index (χ2n) is 4.48. The first kappa shape index (κ1) is 17.4. The zero-order valence-corrected chi connectivity index (χ0v) is 12.8. The van der Waals surface area contributed by atoms with Gasteiger partial charge in [0.15, 0.2) is 5.78 Å². The number of anilines is 1. The minimum absolute atomic E-state index is 0.109. The normalized spacial score (nSPS) is 10.0. The Balaban J connectivity index is 3.05. The minimum Gasteiger partial charge on any atom is -0.468 e. The molecule has 1 amide bonds. The number of methoxy groups -OCH3 is 2. The molecule has 7 nitrogen and oxygen atoms in total. The van der Waals surface area contributed by atoms with E-state index in [4.69, 9.17) is 0 Å². The van der Waals surface area contributed by atoms with Crippen molar-refractivity contribution < 1.29 is 28.7 Å². The van der Waals surface area contributed by atoms with Gasteiger partial charge in [-0.05, 0) is 31.2 Å². The van der Waals surface area contributed by atoms with Gasteiger partial charge in [0.05, 0.1) is 14.2 Å². The lowest BCUT2D eigenvalue weighted by atomic mass is 10.1. The molecule has 22 heavy (non-hydrogen) atoms. The van der Waals surface area contributed by atoms with Crippen LogP contribution in [0.1, 0.15) is 17.3 Å². The summed E-state index contributed by atoms with van der Waals surface area (Å²) >= 11 is 0. The Labute approximate surface area is 127 Å². The predicted molar refractivity (Wildman–Crippen MR) is 77.4 cm³/mol. The third-order valence-corrected chi connectivity index (χ3v) is 3.11. The third kappa shape index (κ3) is 3.69. The van der Waals surface area contributed by atoms with Crippen molar-refractivity contribution in [3.05, 3.63) is 29.8 Å². The molecule has 0 unspecified atom stereocenters. The quantitative estimate of drug-likeness (QED) is 0.454. The van der Waals surface area contributed by atoms with E-state index < -0.39 is 23.8 Å². The number of rotatable bonds is 5. The molecule has 0 aliphatic rings. The Morgan fingerprint density at radius 1 is 0.955 bits per heavy atom. The van der Waals surface area contributed by atoms with E-state index in [-0.39, 0.29) is 5.78 Å². The maximum Gasteiger partial charge on any atom is 0.329 e. The lowest BCUT2D eigenvalue weighted by Gasteiger charge is -2.21. The van der Waals surface area contributed by atoms with Gasteiger partial charge >= 0.3 is 11.9 Å². The van der Waals surface area contributed by atoms with Gasteiger partial charge in [0.25, 0.3) is 5.91 Å². The molecular weight excluding hydrogens is 290 g/mol. The van der Waals surface area contributed by atoms with Crippen LogP contribution in [0.15, 0.2) is 24.3 Å². The zero-order valence-electron chi connectivity index (χ0n) is 12.8. The van der Waals surface area contributed by atoms with Crippen molar-refractivity contribution >= 4 is 29.3 Å². The van der Waals surface area contributed by atoms with Crippen LogP contribution in [0, 0.1) is 5.92 Å². The Kier molecular flexibility index (Phi) is 5.80. The molecule has 0 fully saturated rings. The second kappa shape index (κ2) is 7.35. The average molecular weight is 307 g/mol. The molecule has 118 valence electrons. The molecule has 0 aliphatic heterocycles. The number of esters is 2. The second-order valence-corrected chi connectivity index (χ2v) is 4.48. The van der Waals surface area contributed by atoms with Crippen molar-refractivity contribution in [2.75, 3.05) is 26.2 Å². The van der Waals surface area contributed by atoms with Crippen molar-refractivity contribution in [2.45, 2.75) is 6.92 Å². The zero-order chi connectivity index (χ0) is 16.9. The van der Waals surface area contributed by atoms with Crippen LogP contribution in [0.25, 0.3) is 0 Å². The summed E-state index contributed by atoms with van der Waals surface area (Å²) in [5, 5.41) is 0. The van der Waals surface area contributed by atoms with E-state index in [2.05, 4.69) is 9.47 Å². The molecule has 0 N–H and O–H groups in total. The lowest BCUT2D eigenvalue weighted by molar-refractivity contribution is -0.161. The van der Waals surface area contributed by atoms with E-state index in [0.717, 1.165) is 19.1 Å². The van der Waals surface area contributed by atoms with Gasteiger partial charge in [0, 0.05) is 18.3 Å². The molecule has 0 heterocycles. The largest absolute Gasteiger partial charge is 0.468 e. The third-order valence-electron chi connectivity index (χ3n) is 3.11. The first-order valence-corrected chi connectivity index (χ1v) is 6.37. The first-order chi connectivity index (χ1) is 10.3. The van der Waals surface area contributed by atoms with Crippen LogP contribution in [0.5, 0.6) is 0 Å². The Hall–Kier alpha value is -2.70. The smallest absolute Gasteiger partial charge is 0.329 e. The van der Waals surface area contributed by atoms with Gasteiger partial charge in [-0.2, -0.15) is 0 Å². The van der Waals surface area contributed by atoms with Crippen LogP contribution < -0.4 is 4.90 Å². The molecule has 0 atom stereocenters. The summed E-state index contributed by atoms with van der Waals surface area (Å²) in [6.45, 7) is 1.43. The van der Waals surface area contributed by atoms with E-state index in [1.807, 2.05) is 0 Å². The van der Waals surface area contributed by atoms with Crippen LogP contribution in [0.2, 0.25) is 0 Å². The summed E-state index contributed by atoms with van der Waals surface area (Å²) in [5.41, 5.74) is 0.912. The summed E-state index contributed by atoms with van der Waals surface area (Å²) < 4.78 is 8.92. The number of hydrogen-bond donors (Lipinski definition) is 0. The van der Waals surface area contributed by atoms with E-state index in [0.29, 0.717) is 11.3 Å². The van der Waals surface area contributed by atoms with Crippen molar-refractivity contribution in [1.29, 1.82) is 0 Å². The fourth-order valence-electron chi connectivity index (χ4n) is 1.77. The molecule has 0 radical (unpaired) electrons. The molecule has 0 aromatic heterocycles. The highest BCUT2D eigenvalue weighted by atomic mass is 16.5. The van der Waals surface area contributed by atoms with Crippen molar-refractivity contribution in [1.82, 2.24) is 0 Å². The number of nitrogens with zero attached hydrogens (tertiary/aromatic N) is 1. The number of carbonyl (C=O) groups excluding carboxylic acids is 4.